The monoisotopic (exact) mass is 342 g/mol. The fraction of sp³-hybridized carbons (Fsp3) is 0.533. The number of rotatable bonds is 9. The molecule has 0 atom stereocenters. The summed E-state index contributed by atoms with van der Waals surface area (Å²) >= 11 is 3.52. The van der Waals surface area contributed by atoms with E-state index in [1.54, 1.807) is 7.05 Å². The van der Waals surface area contributed by atoms with Crippen molar-refractivity contribution < 1.29 is 9.53 Å². The number of ether oxygens (including phenoxy) is 1. The molecule has 2 N–H and O–H groups in total. The number of hydrogen-bond acceptors (Lipinski definition) is 3. The number of hydrogen-bond donors (Lipinski definition) is 2. The Kier molecular flexibility index (Phi) is 8.30. The molecule has 5 heteroatoms. The lowest BCUT2D eigenvalue weighted by Gasteiger charge is -2.10. The molecule has 0 aromatic heterocycles. The average Bonchev–Trinajstić information content (AvgIpc) is 2.45. The van der Waals surface area contributed by atoms with Crippen molar-refractivity contribution in [2.45, 2.75) is 32.7 Å². The van der Waals surface area contributed by atoms with Crippen LogP contribution in [0.4, 0.5) is 0 Å². The van der Waals surface area contributed by atoms with Gasteiger partial charge in [0.05, 0.1) is 11.1 Å². The predicted molar refractivity (Wildman–Crippen MR) is 84.9 cm³/mol. The Morgan fingerprint density at radius 3 is 2.85 bits per heavy atom. The number of benzene rings is 1. The van der Waals surface area contributed by atoms with E-state index in [0.717, 1.165) is 29.7 Å². The van der Waals surface area contributed by atoms with Crippen molar-refractivity contribution >= 4 is 21.8 Å². The van der Waals surface area contributed by atoms with Crippen LogP contribution in [-0.4, -0.2) is 26.1 Å². The van der Waals surface area contributed by atoms with E-state index in [1.807, 2.05) is 6.07 Å². The molecule has 0 spiro atoms. The third-order valence-corrected chi connectivity index (χ3v) is 3.46. The van der Waals surface area contributed by atoms with Crippen molar-refractivity contribution in [2.24, 2.45) is 0 Å². The summed E-state index contributed by atoms with van der Waals surface area (Å²) in [7, 11) is 1.64. The summed E-state index contributed by atoms with van der Waals surface area (Å²) in [6.07, 6.45) is 2.34. The molecule has 0 fully saturated rings. The van der Waals surface area contributed by atoms with Crippen LogP contribution >= 0.6 is 15.9 Å². The normalized spacial score (nSPS) is 10.3. The maximum atomic E-state index is 11.1. The number of halogens is 1. The molecule has 0 radical (unpaired) electrons. The third kappa shape index (κ3) is 6.39. The molecule has 20 heavy (non-hydrogen) atoms. The van der Waals surface area contributed by atoms with Gasteiger partial charge in [-0.2, -0.15) is 0 Å². The van der Waals surface area contributed by atoms with Crippen molar-refractivity contribution in [3.05, 3.63) is 28.2 Å². The molecule has 1 aromatic carbocycles. The van der Waals surface area contributed by atoms with E-state index in [4.69, 9.17) is 4.74 Å². The number of amides is 1. The predicted octanol–water partition coefficient (Wildman–Crippen LogP) is 2.85. The Hall–Kier alpha value is -1.07. The second kappa shape index (κ2) is 9.77. The second-order valence-corrected chi connectivity index (χ2v) is 5.42. The summed E-state index contributed by atoms with van der Waals surface area (Å²) in [5, 5.41) is 5.96. The molecule has 0 saturated carbocycles. The van der Waals surface area contributed by atoms with E-state index in [-0.39, 0.29) is 5.91 Å². The molecular formula is C15H23BrN2O2. The van der Waals surface area contributed by atoms with Crippen LogP contribution in [-0.2, 0) is 11.3 Å². The van der Waals surface area contributed by atoms with E-state index in [9.17, 15) is 4.79 Å². The minimum absolute atomic E-state index is 0.0463. The van der Waals surface area contributed by atoms with Crippen LogP contribution in [0, 0.1) is 0 Å². The molecule has 0 unspecified atom stereocenters. The van der Waals surface area contributed by atoms with Crippen LogP contribution in [0.15, 0.2) is 22.7 Å². The Balaban J connectivity index is 2.37. The lowest BCUT2D eigenvalue weighted by atomic mass is 10.2. The van der Waals surface area contributed by atoms with Crippen LogP contribution in [0.5, 0.6) is 5.75 Å². The molecule has 4 nitrogen and oxygen atoms in total. The summed E-state index contributed by atoms with van der Waals surface area (Å²) in [4.78, 5) is 11.1. The highest BCUT2D eigenvalue weighted by Gasteiger charge is 2.04. The van der Waals surface area contributed by atoms with Gasteiger partial charge in [0, 0.05) is 20.0 Å². The molecule has 0 aliphatic heterocycles. The molecular weight excluding hydrogens is 320 g/mol. The lowest BCUT2D eigenvalue weighted by Crippen LogP contribution is -2.18. The topological polar surface area (TPSA) is 50.4 Å². The highest BCUT2D eigenvalue weighted by molar-refractivity contribution is 9.10. The van der Waals surface area contributed by atoms with E-state index < -0.39 is 0 Å². The fourth-order valence-electron chi connectivity index (χ4n) is 1.72. The van der Waals surface area contributed by atoms with Gasteiger partial charge in [-0.25, -0.2) is 0 Å². The van der Waals surface area contributed by atoms with Gasteiger partial charge >= 0.3 is 0 Å². The molecule has 112 valence electrons. The SMILES string of the molecule is CCCNCc1ccc(OCCCC(=O)NC)c(Br)c1. The molecule has 0 saturated heterocycles. The van der Waals surface area contributed by atoms with Crippen LogP contribution < -0.4 is 15.4 Å². The highest BCUT2D eigenvalue weighted by Crippen LogP contribution is 2.26. The zero-order valence-corrected chi connectivity index (χ0v) is 13.8. The minimum atomic E-state index is 0.0463. The number of carbonyl (C=O) groups excluding carboxylic acids is 1. The molecule has 0 bridgehead atoms. The van der Waals surface area contributed by atoms with Crippen LogP contribution in [0.25, 0.3) is 0 Å². The summed E-state index contributed by atoms with van der Waals surface area (Å²) in [5.74, 6) is 0.867. The summed E-state index contributed by atoms with van der Waals surface area (Å²) < 4.78 is 6.62. The van der Waals surface area contributed by atoms with Crippen LogP contribution in [0.2, 0.25) is 0 Å². The van der Waals surface area contributed by atoms with Crippen molar-refractivity contribution in [3.8, 4) is 5.75 Å². The van der Waals surface area contributed by atoms with E-state index in [0.29, 0.717) is 19.4 Å². The Bertz CT molecular complexity index is 424. The van der Waals surface area contributed by atoms with Gasteiger partial charge in [-0.05, 0) is 53.0 Å². The number of carbonyl (C=O) groups is 1. The minimum Gasteiger partial charge on any atom is -0.492 e. The zero-order chi connectivity index (χ0) is 14.8. The van der Waals surface area contributed by atoms with Crippen molar-refractivity contribution in [1.82, 2.24) is 10.6 Å². The van der Waals surface area contributed by atoms with Gasteiger partial charge < -0.3 is 15.4 Å². The zero-order valence-electron chi connectivity index (χ0n) is 12.2. The van der Waals surface area contributed by atoms with Gasteiger partial charge in [-0.3, -0.25) is 4.79 Å². The van der Waals surface area contributed by atoms with Gasteiger partial charge in [-0.15, -0.1) is 0 Å². The molecule has 0 aliphatic rings. The maximum absolute atomic E-state index is 11.1. The van der Waals surface area contributed by atoms with E-state index in [2.05, 4.69) is 45.6 Å². The average molecular weight is 343 g/mol. The van der Waals surface area contributed by atoms with Gasteiger partial charge in [-0.1, -0.05) is 13.0 Å². The van der Waals surface area contributed by atoms with Gasteiger partial charge in [0.15, 0.2) is 0 Å². The maximum Gasteiger partial charge on any atom is 0.219 e. The molecule has 1 amide bonds. The Morgan fingerprint density at radius 2 is 2.20 bits per heavy atom. The molecule has 0 heterocycles. The first-order valence-corrected chi connectivity index (χ1v) is 7.79. The van der Waals surface area contributed by atoms with Crippen molar-refractivity contribution in [3.63, 3.8) is 0 Å². The van der Waals surface area contributed by atoms with E-state index >= 15 is 0 Å². The smallest absolute Gasteiger partial charge is 0.219 e. The molecule has 1 aromatic rings. The standard InChI is InChI=1S/C15H23BrN2O2/c1-3-8-18-11-12-6-7-14(13(16)10-12)20-9-4-5-15(19)17-2/h6-7,10,18H,3-5,8-9,11H2,1-2H3,(H,17,19). The fourth-order valence-corrected chi connectivity index (χ4v) is 2.26. The summed E-state index contributed by atoms with van der Waals surface area (Å²) in [6, 6.07) is 6.09. The second-order valence-electron chi connectivity index (χ2n) is 4.57. The van der Waals surface area contributed by atoms with E-state index in [1.165, 1.54) is 5.56 Å². The Labute approximate surface area is 129 Å². The van der Waals surface area contributed by atoms with Gasteiger partial charge in [0.25, 0.3) is 0 Å². The third-order valence-electron chi connectivity index (χ3n) is 2.84. The molecule has 0 aliphatic carbocycles. The van der Waals surface area contributed by atoms with Gasteiger partial charge in [0.1, 0.15) is 5.75 Å². The van der Waals surface area contributed by atoms with Gasteiger partial charge in [0.2, 0.25) is 5.91 Å². The van der Waals surface area contributed by atoms with Crippen molar-refractivity contribution in [2.75, 3.05) is 20.2 Å². The van der Waals surface area contributed by atoms with Crippen LogP contribution in [0.1, 0.15) is 31.7 Å². The molecule has 1 rings (SSSR count). The van der Waals surface area contributed by atoms with Crippen molar-refractivity contribution in [1.29, 1.82) is 0 Å². The Morgan fingerprint density at radius 1 is 1.40 bits per heavy atom. The highest BCUT2D eigenvalue weighted by atomic mass is 79.9. The van der Waals surface area contributed by atoms with Crippen LogP contribution in [0.3, 0.4) is 0 Å². The first kappa shape index (κ1) is 17.0. The largest absolute Gasteiger partial charge is 0.492 e. The summed E-state index contributed by atoms with van der Waals surface area (Å²) in [5.41, 5.74) is 1.23. The number of nitrogens with one attached hydrogen (secondary N) is 2. The lowest BCUT2D eigenvalue weighted by molar-refractivity contribution is -0.120. The first-order chi connectivity index (χ1) is 9.67. The quantitative estimate of drug-likeness (QED) is 0.678. The first-order valence-electron chi connectivity index (χ1n) is 7.00. The summed E-state index contributed by atoms with van der Waals surface area (Å²) in [6.45, 7) is 4.58.